The lowest BCUT2D eigenvalue weighted by molar-refractivity contribution is -0.154. The number of hydrogen-bond donors (Lipinski definition) is 2. The Morgan fingerprint density at radius 1 is 1.33 bits per heavy atom. The fourth-order valence-corrected chi connectivity index (χ4v) is 1.80. The molecule has 1 amide bonds. The maximum atomic E-state index is 12.1. The number of nitrogens with one attached hydrogen (secondary N) is 2. The summed E-state index contributed by atoms with van der Waals surface area (Å²) in [6.07, 6.45) is -1.74. The Kier molecular flexibility index (Phi) is 5.22. The second kappa shape index (κ2) is 7.16. The SMILES string of the molecule is CC(=O)c1c[nH]c(C(=O)NCc2ccnc(OCC(F)(F)F)c2)c1. The van der Waals surface area contributed by atoms with Gasteiger partial charge in [0.2, 0.25) is 5.88 Å². The summed E-state index contributed by atoms with van der Waals surface area (Å²) in [5.74, 6) is -0.805. The Labute approximate surface area is 135 Å². The summed E-state index contributed by atoms with van der Waals surface area (Å²) in [4.78, 5) is 29.5. The molecule has 2 heterocycles. The third-order valence-corrected chi connectivity index (χ3v) is 2.97. The molecule has 9 heteroatoms. The first kappa shape index (κ1) is 17.5. The minimum absolute atomic E-state index is 0.0676. The molecule has 0 saturated carbocycles. The smallest absolute Gasteiger partial charge is 0.422 e. The second-order valence-corrected chi connectivity index (χ2v) is 4.95. The van der Waals surface area contributed by atoms with Crippen molar-refractivity contribution >= 4 is 11.7 Å². The van der Waals surface area contributed by atoms with Crippen LogP contribution in [0.2, 0.25) is 0 Å². The number of amides is 1. The summed E-state index contributed by atoms with van der Waals surface area (Å²) in [6, 6.07) is 4.26. The maximum absolute atomic E-state index is 12.1. The van der Waals surface area contributed by atoms with Crippen LogP contribution in [0, 0.1) is 0 Å². The summed E-state index contributed by atoms with van der Waals surface area (Å²) in [6.45, 7) is 0.00850. The van der Waals surface area contributed by atoms with Gasteiger partial charge in [0.05, 0.1) is 0 Å². The van der Waals surface area contributed by atoms with Gasteiger partial charge in [0.15, 0.2) is 12.4 Å². The van der Waals surface area contributed by atoms with Crippen LogP contribution in [0.15, 0.2) is 30.6 Å². The van der Waals surface area contributed by atoms with Gasteiger partial charge >= 0.3 is 6.18 Å². The first-order chi connectivity index (χ1) is 11.2. The van der Waals surface area contributed by atoms with Gasteiger partial charge in [0.1, 0.15) is 5.69 Å². The highest BCUT2D eigenvalue weighted by Crippen LogP contribution is 2.17. The molecule has 0 aliphatic heterocycles. The molecule has 0 saturated heterocycles. The minimum Gasteiger partial charge on any atom is -0.468 e. The van der Waals surface area contributed by atoms with Crippen molar-refractivity contribution in [2.75, 3.05) is 6.61 Å². The van der Waals surface area contributed by atoms with Crippen LogP contribution in [0.5, 0.6) is 5.88 Å². The molecule has 0 aliphatic rings. The number of aromatic nitrogens is 2. The number of carbonyl (C=O) groups is 2. The molecular formula is C15H14F3N3O3. The summed E-state index contributed by atoms with van der Waals surface area (Å²) >= 11 is 0. The van der Waals surface area contributed by atoms with Crippen molar-refractivity contribution < 1.29 is 27.5 Å². The average Bonchev–Trinajstić information content (AvgIpc) is 3.01. The zero-order valence-electron chi connectivity index (χ0n) is 12.6. The zero-order valence-corrected chi connectivity index (χ0v) is 12.6. The van der Waals surface area contributed by atoms with Crippen LogP contribution >= 0.6 is 0 Å². The van der Waals surface area contributed by atoms with Gasteiger partial charge in [-0.1, -0.05) is 0 Å². The zero-order chi connectivity index (χ0) is 17.7. The normalized spacial score (nSPS) is 11.2. The Morgan fingerprint density at radius 2 is 2.08 bits per heavy atom. The Morgan fingerprint density at radius 3 is 2.71 bits per heavy atom. The molecule has 0 spiro atoms. The van der Waals surface area contributed by atoms with Gasteiger partial charge in [-0.3, -0.25) is 9.59 Å². The molecule has 0 aromatic carbocycles. The van der Waals surface area contributed by atoms with Crippen molar-refractivity contribution in [1.29, 1.82) is 0 Å². The highest BCUT2D eigenvalue weighted by molar-refractivity contribution is 5.99. The average molecular weight is 341 g/mol. The molecule has 2 aromatic heterocycles. The molecule has 2 N–H and O–H groups in total. The molecule has 0 atom stereocenters. The number of halogens is 3. The number of pyridine rings is 1. The van der Waals surface area contributed by atoms with E-state index in [2.05, 4.69) is 20.0 Å². The molecule has 6 nitrogen and oxygen atoms in total. The molecule has 24 heavy (non-hydrogen) atoms. The Hall–Kier alpha value is -2.84. The van der Waals surface area contributed by atoms with Crippen molar-refractivity contribution in [3.05, 3.63) is 47.4 Å². The first-order valence-electron chi connectivity index (χ1n) is 6.86. The standard InChI is InChI=1S/C15H14F3N3O3/c1-9(22)11-5-12(20-7-11)14(23)21-6-10-2-3-19-13(4-10)24-8-15(16,17)18/h2-5,7,20H,6,8H2,1H3,(H,21,23). The quantitative estimate of drug-likeness (QED) is 0.791. The number of nitrogens with zero attached hydrogens (tertiary/aromatic N) is 1. The van der Waals surface area contributed by atoms with Gasteiger partial charge in [-0.2, -0.15) is 13.2 Å². The van der Waals surface area contributed by atoms with Gasteiger partial charge in [-0.05, 0) is 24.6 Å². The topological polar surface area (TPSA) is 84.1 Å². The summed E-state index contributed by atoms with van der Waals surface area (Å²) < 4.78 is 40.9. The monoisotopic (exact) mass is 341 g/mol. The van der Waals surface area contributed by atoms with E-state index in [-0.39, 0.29) is 23.9 Å². The van der Waals surface area contributed by atoms with E-state index >= 15 is 0 Å². The van der Waals surface area contributed by atoms with Crippen LogP contribution in [0.3, 0.4) is 0 Å². The molecule has 2 aromatic rings. The van der Waals surface area contributed by atoms with Gasteiger partial charge in [0, 0.05) is 30.6 Å². The number of ketones is 1. The minimum atomic E-state index is -4.45. The number of carbonyl (C=O) groups excluding carboxylic acids is 2. The van der Waals surface area contributed by atoms with Crippen LogP contribution in [0.4, 0.5) is 13.2 Å². The maximum Gasteiger partial charge on any atom is 0.422 e. The number of hydrogen-bond acceptors (Lipinski definition) is 4. The summed E-state index contributed by atoms with van der Waals surface area (Å²) in [7, 11) is 0. The Balaban J connectivity index is 1.93. The number of aromatic amines is 1. The number of ether oxygens (including phenoxy) is 1. The largest absolute Gasteiger partial charge is 0.468 e. The summed E-state index contributed by atoms with van der Waals surface area (Å²) in [5, 5.41) is 2.58. The van der Waals surface area contributed by atoms with Crippen molar-refractivity contribution in [2.45, 2.75) is 19.6 Å². The van der Waals surface area contributed by atoms with E-state index in [1.54, 1.807) is 0 Å². The van der Waals surface area contributed by atoms with Crippen molar-refractivity contribution in [3.8, 4) is 5.88 Å². The third-order valence-electron chi connectivity index (χ3n) is 2.97. The predicted octanol–water partition coefficient (Wildman–Crippen LogP) is 2.48. The molecule has 0 unspecified atom stereocenters. The second-order valence-electron chi connectivity index (χ2n) is 4.95. The molecule has 0 bridgehead atoms. The Bertz CT molecular complexity index is 741. The number of alkyl halides is 3. The third kappa shape index (κ3) is 5.11. The number of H-pyrrole nitrogens is 1. The van der Waals surface area contributed by atoms with Crippen molar-refractivity contribution in [3.63, 3.8) is 0 Å². The van der Waals surface area contributed by atoms with Crippen molar-refractivity contribution in [1.82, 2.24) is 15.3 Å². The van der Waals surface area contributed by atoms with E-state index in [0.29, 0.717) is 11.1 Å². The van der Waals surface area contributed by atoms with E-state index in [4.69, 9.17) is 0 Å². The van der Waals surface area contributed by atoms with Crippen LogP contribution < -0.4 is 10.1 Å². The van der Waals surface area contributed by atoms with Gasteiger partial charge < -0.3 is 15.0 Å². The summed E-state index contributed by atoms with van der Waals surface area (Å²) in [5.41, 5.74) is 1.11. The van der Waals surface area contributed by atoms with E-state index in [9.17, 15) is 22.8 Å². The van der Waals surface area contributed by atoms with Crippen LogP contribution in [0.25, 0.3) is 0 Å². The molecule has 0 aliphatic carbocycles. The van der Waals surface area contributed by atoms with Gasteiger partial charge in [-0.15, -0.1) is 0 Å². The fourth-order valence-electron chi connectivity index (χ4n) is 1.80. The number of rotatable bonds is 6. The fraction of sp³-hybridized carbons (Fsp3) is 0.267. The van der Waals surface area contributed by atoms with E-state index in [1.165, 1.54) is 37.5 Å². The van der Waals surface area contributed by atoms with Gasteiger partial charge in [0.25, 0.3) is 5.91 Å². The predicted molar refractivity (Wildman–Crippen MR) is 77.8 cm³/mol. The molecular weight excluding hydrogens is 327 g/mol. The highest BCUT2D eigenvalue weighted by atomic mass is 19.4. The lowest BCUT2D eigenvalue weighted by Crippen LogP contribution is -2.23. The van der Waals surface area contributed by atoms with Crippen LogP contribution in [-0.2, 0) is 6.54 Å². The molecule has 0 radical (unpaired) electrons. The molecule has 2 rings (SSSR count). The highest BCUT2D eigenvalue weighted by Gasteiger charge is 2.28. The molecule has 128 valence electrons. The van der Waals surface area contributed by atoms with Crippen molar-refractivity contribution in [2.24, 2.45) is 0 Å². The van der Waals surface area contributed by atoms with Crippen LogP contribution in [0.1, 0.15) is 33.3 Å². The number of Topliss-reactive ketones (excluding diaryl/α,β-unsaturated/α-hetero) is 1. The van der Waals surface area contributed by atoms with Crippen LogP contribution in [-0.4, -0.2) is 34.4 Å². The first-order valence-corrected chi connectivity index (χ1v) is 6.86. The van der Waals surface area contributed by atoms with E-state index in [0.717, 1.165) is 0 Å². The van der Waals surface area contributed by atoms with E-state index in [1.807, 2.05) is 0 Å². The van der Waals surface area contributed by atoms with Gasteiger partial charge in [-0.25, -0.2) is 4.98 Å². The lowest BCUT2D eigenvalue weighted by atomic mass is 10.2. The lowest BCUT2D eigenvalue weighted by Gasteiger charge is -2.09. The molecule has 0 fully saturated rings. The van der Waals surface area contributed by atoms with E-state index < -0.39 is 18.7 Å².